The molecule has 0 fully saturated rings. The summed E-state index contributed by atoms with van der Waals surface area (Å²) < 4.78 is 2.20. The van der Waals surface area contributed by atoms with E-state index in [9.17, 15) is 0 Å². The Morgan fingerprint density at radius 3 is 2.86 bits per heavy atom. The molecule has 0 spiro atoms. The largest absolute Gasteiger partial charge is 0.389 e. The molecule has 0 saturated carbocycles. The van der Waals surface area contributed by atoms with Crippen LogP contribution in [0.15, 0.2) is 12.1 Å². The number of benzene rings is 1. The van der Waals surface area contributed by atoms with E-state index in [0.717, 1.165) is 13.7 Å². The number of nitrogens with zero attached hydrogens (tertiary/aromatic N) is 1. The molecule has 14 heavy (non-hydrogen) atoms. The third-order valence-corrected chi connectivity index (χ3v) is 3.84. The van der Waals surface area contributed by atoms with Gasteiger partial charge in [-0.05, 0) is 47.2 Å². The molecule has 0 unspecified atom stereocenters. The fourth-order valence-corrected chi connectivity index (χ4v) is 3.72. The Morgan fingerprint density at radius 1 is 1.50 bits per heavy atom. The van der Waals surface area contributed by atoms with Gasteiger partial charge in [-0.15, -0.1) is 11.3 Å². The van der Waals surface area contributed by atoms with Gasteiger partial charge in [0.25, 0.3) is 0 Å². The van der Waals surface area contributed by atoms with Gasteiger partial charge in [0.1, 0.15) is 11.1 Å². The number of thiophene rings is 1. The fourth-order valence-electron chi connectivity index (χ4n) is 1.44. The van der Waals surface area contributed by atoms with E-state index >= 15 is 0 Å². The second-order valence-electron chi connectivity index (χ2n) is 3.07. The van der Waals surface area contributed by atoms with Crippen LogP contribution >= 0.6 is 33.9 Å². The van der Waals surface area contributed by atoms with Crippen LogP contribution in [0, 0.1) is 21.8 Å². The van der Waals surface area contributed by atoms with Crippen molar-refractivity contribution in [3.05, 3.63) is 26.8 Å². The highest BCUT2D eigenvalue weighted by molar-refractivity contribution is 14.1. The summed E-state index contributed by atoms with van der Waals surface area (Å²) in [6.45, 7) is 2.05. The van der Waals surface area contributed by atoms with Gasteiger partial charge < -0.3 is 5.73 Å². The summed E-state index contributed by atoms with van der Waals surface area (Å²) in [5.41, 5.74) is 7.60. The molecule has 4 heteroatoms. The van der Waals surface area contributed by atoms with Crippen LogP contribution in [0.25, 0.3) is 10.1 Å². The maximum Gasteiger partial charge on any atom is 0.105 e. The highest BCUT2D eigenvalue weighted by Crippen LogP contribution is 2.36. The van der Waals surface area contributed by atoms with Gasteiger partial charge in [0.05, 0.1) is 5.56 Å². The number of rotatable bonds is 0. The molecule has 1 aromatic heterocycles. The Kier molecular flexibility index (Phi) is 2.37. The lowest BCUT2D eigenvalue weighted by molar-refractivity contribution is 1.49. The Balaban J connectivity index is 2.97. The molecule has 0 aliphatic carbocycles. The van der Waals surface area contributed by atoms with Crippen molar-refractivity contribution in [1.82, 2.24) is 0 Å². The fraction of sp³-hybridized carbons (Fsp3) is 0.100. The van der Waals surface area contributed by atoms with Gasteiger partial charge in [0.2, 0.25) is 0 Å². The number of anilines is 1. The topological polar surface area (TPSA) is 49.8 Å². The first-order valence-corrected chi connectivity index (χ1v) is 5.91. The summed E-state index contributed by atoms with van der Waals surface area (Å²) in [7, 11) is 0. The van der Waals surface area contributed by atoms with Crippen LogP contribution < -0.4 is 5.73 Å². The monoisotopic (exact) mass is 314 g/mol. The lowest BCUT2D eigenvalue weighted by Crippen LogP contribution is -1.84. The first kappa shape index (κ1) is 9.74. The van der Waals surface area contributed by atoms with Gasteiger partial charge >= 0.3 is 0 Å². The SMILES string of the molecule is Cc1cc(I)c2c(C#N)c(N)sc2c1. The molecule has 1 aromatic carbocycles. The Morgan fingerprint density at radius 2 is 2.21 bits per heavy atom. The molecule has 70 valence electrons. The number of hydrogen-bond donors (Lipinski definition) is 1. The Labute approximate surface area is 99.5 Å². The Bertz CT molecular complexity index is 551. The maximum atomic E-state index is 8.97. The van der Waals surface area contributed by atoms with Gasteiger partial charge in [-0.2, -0.15) is 5.26 Å². The molecule has 2 rings (SSSR count). The minimum atomic E-state index is 0.617. The molecule has 0 aliphatic rings. The third-order valence-electron chi connectivity index (χ3n) is 2.03. The van der Waals surface area contributed by atoms with Crippen LogP contribution in [0.1, 0.15) is 11.1 Å². The zero-order valence-electron chi connectivity index (χ0n) is 7.47. The molecule has 0 radical (unpaired) electrons. The summed E-state index contributed by atoms with van der Waals surface area (Å²) in [6, 6.07) is 6.29. The van der Waals surface area contributed by atoms with Gasteiger partial charge in [0, 0.05) is 13.7 Å². The van der Waals surface area contributed by atoms with Crippen molar-refractivity contribution >= 4 is 49.0 Å². The van der Waals surface area contributed by atoms with Gasteiger partial charge in [-0.25, -0.2) is 0 Å². The average Bonchev–Trinajstić information content (AvgIpc) is 2.40. The molecule has 0 aliphatic heterocycles. The number of fused-ring (bicyclic) bond motifs is 1. The van der Waals surface area contributed by atoms with Crippen LogP contribution in [0.3, 0.4) is 0 Å². The molecule has 1 heterocycles. The highest BCUT2D eigenvalue weighted by Gasteiger charge is 2.12. The van der Waals surface area contributed by atoms with Crippen molar-refractivity contribution in [2.75, 3.05) is 5.73 Å². The normalized spacial score (nSPS) is 10.4. The highest BCUT2D eigenvalue weighted by atomic mass is 127. The predicted octanol–water partition coefficient (Wildman–Crippen LogP) is 3.27. The van der Waals surface area contributed by atoms with Gasteiger partial charge in [-0.1, -0.05) is 0 Å². The van der Waals surface area contributed by atoms with Crippen LogP contribution in [0.4, 0.5) is 5.00 Å². The first-order chi connectivity index (χ1) is 6.63. The smallest absolute Gasteiger partial charge is 0.105 e. The predicted molar refractivity (Wildman–Crippen MR) is 68.4 cm³/mol. The van der Waals surface area contributed by atoms with Crippen LogP contribution in [-0.2, 0) is 0 Å². The molecule has 2 aromatic rings. The van der Waals surface area contributed by atoms with E-state index in [1.807, 2.05) is 6.92 Å². The summed E-state index contributed by atoms with van der Waals surface area (Å²) in [4.78, 5) is 0. The van der Waals surface area contributed by atoms with Crippen molar-refractivity contribution in [1.29, 1.82) is 5.26 Å². The standard InChI is InChI=1S/C10H7IN2S/c1-5-2-7(11)9-6(4-12)10(13)14-8(9)3-5/h2-3H,13H2,1H3. The number of aryl methyl sites for hydroxylation is 1. The molecule has 0 saturated heterocycles. The first-order valence-electron chi connectivity index (χ1n) is 4.01. The van der Waals surface area contributed by atoms with Gasteiger partial charge in [-0.3, -0.25) is 0 Å². The summed E-state index contributed by atoms with van der Waals surface area (Å²) in [5.74, 6) is 0. The molecule has 2 nitrogen and oxygen atoms in total. The second-order valence-corrected chi connectivity index (χ2v) is 5.32. The molecular weight excluding hydrogens is 307 g/mol. The van der Waals surface area contributed by atoms with Crippen LogP contribution in [0.2, 0.25) is 0 Å². The van der Waals surface area contributed by atoms with E-state index < -0.39 is 0 Å². The average molecular weight is 314 g/mol. The van der Waals surface area contributed by atoms with E-state index in [1.165, 1.54) is 16.9 Å². The molecule has 0 atom stereocenters. The minimum absolute atomic E-state index is 0.617. The van der Waals surface area contributed by atoms with Crippen molar-refractivity contribution < 1.29 is 0 Å². The molecule has 2 N–H and O–H groups in total. The minimum Gasteiger partial charge on any atom is -0.389 e. The lowest BCUT2D eigenvalue weighted by Gasteiger charge is -1.97. The summed E-state index contributed by atoms with van der Waals surface area (Å²) in [6.07, 6.45) is 0. The lowest BCUT2D eigenvalue weighted by atomic mass is 10.1. The maximum absolute atomic E-state index is 8.97. The zero-order valence-corrected chi connectivity index (χ0v) is 10.4. The molecular formula is C10H7IN2S. The number of nitrogen functional groups attached to an aromatic ring is 1. The molecule has 0 bridgehead atoms. The van der Waals surface area contributed by atoms with Crippen LogP contribution in [0.5, 0.6) is 0 Å². The van der Waals surface area contributed by atoms with Gasteiger partial charge in [0.15, 0.2) is 0 Å². The third kappa shape index (κ3) is 1.37. The quantitative estimate of drug-likeness (QED) is 0.759. The van der Waals surface area contributed by atoms with E-state index in [-0.39, 0.29) is 0 Å². The number of halogens is 1. The van der Waals surface area contributed by atoms with Crippen molar-refractivity contribution in [2.24, 2.45) is 0 Å². The number of nitriles is 1. The zero-order chi connectivity index (χ0) is 10.3. The van der Waals surface area contributed by atoms with Crippen molar-refractivity contribution in [3.8, 4) is 6.07 Å². The summed E-state index contributed by atoms with van der Waals surface area (Å²) in [5, 5.41) is 10.6. The number of hydrogen-bond acceptors (Lipinski definition) is 3. The number of nitrogens with two attached hydrogens (primary N) is 1. The van der Waals surface area contributed by atoms with E-state index in [1.54, 1.807) is 0 Å². The van der Waals surface area contributed by atoms with E-state index in [4.69, 9.17) is 11.0 Å². The molecule has 0 amide bonds. The van der Waals surface area contributed by atoms with Crippen LogP contribution in [-0.4, -0.2) is 0 Å². The summed E-state index contributed by atoms with van der Waals surface area (Å²) >= 11 is 3.73. The van der Waals surface area contributed by atoms with E-state index in [0.29, 0.717) is 10.6 Å². The van der Waals surface area contributed by atoms with E-state index in [2.05, 4.69) is 40.8 Å². The van der Waals surface area contributed by atoms with Crippen molar-refractivity contribution in [2.45, 2.75) is 6.92 Å². The van der Waals surface area contributed by atoms with Crippen molar-refractivity contribution in [3.63, 3.8) is 0 Å². The second kappa shape index (κ2) is 3.41. The Hall–Kier alpha value is -0.800.